The predicted molar refractivity (Wildman–Crippen MR) is 29.0 cm³/mol. The zero-order valence-corrected chi connectivity index (χ0v) is 4.33. The molecule has 1 N–H and O–H groups in total. The molecule has 0 unspecified atom stereocenters. The summed E-state index contributed by atoms with van der Waals surface area (Å²) in [4.78, 5) is 3.66. The molecule has 0 aromatic carbocycles. The lowest BCUT2D eigenvalue weighted by Gasteiger charge is -1.88. The lowest BCUT2D eigenvalue weighted by molar-refractivity contribution is 0.281. The molecule has 41 valence electrons. The van der Waals surface area contributed by atoms with Crippen molar-refractivity contribution < 1.29 is 5.11 Å². The largest absolute Gasteiger partial charge is 0.392 e. The minimum Gasteiger partial charge on any atom is -0.392 e. The van der Waals surface area contributed by atoms with Crippen molar-refractivity contribution in [3.05, 3.63) is 30.1 Å². The van der Waals surface area contributed by atoms with Crippen LogP contribution < -0.4 is 0 Å². The minimum absolute atomic E-state index is 0.0685. The van der Waals surface area contributed by atoms with Crippen LogP contribution >= 0.6 is 0 Å². The fourth-order valence-corrected chi connectivity index (χ4v) is 0.443. The summed E-state index contributed by atoms with van der Waals surface area (Å²) in [5, 5.41) is 8.49. The smallest absolute Gasteiger partial charge is 0.0889 e. The molecule has 1 aromatic rings. The molecule has 2 heteroatoms. The van der Waals surface area contributed by atoms with Crippen molar-refractivity contribution >= 4 is 0 Å². The Labute approximate surface area is 47.8 Å². The zero-order valence-electron chi connectivity index (χ0n) is 4.33. The summed E-state index contributed by atoms with van der Waals surface area (Å²) in [5.41, 5.74) is 0.847. The van der Waals surface area contributed by atoms with E-state index in [0.717, 1.165) is 5.56 Å². The lowest BCUT2D eigenvalue weighted by atomic mass is 10.3. The summed E-state index contributed by atoms with van der Waals surface area (Å²) in [5.74, 6) is 0. The first-order chi connectivity index (χ1) is 3.93. The average molecular weight is 108 g/mol. The van der Waals surface area contributed by atoms with Gasteiger partial charge in [-0.1, -0.05) is 0 Å². The molecule has 8 heavy (non-hydrogen) atoms. The third-order valence-electron chi connectivity index (χ3n) is 0.870. The van der Waals surface area contributed by atoms with Crippen LogP contribution in [0.25, 0.3) is 0 Å². The molecule has 1 radical (unpaired) electrons. The Kier molecular flexibility index (Phi) is 1.59. The number of pyridine rings is 1. The van der Waals surface area contributed by atoms with Crippen molar-refractivity contribution in [3.63, 3.8) is 0 Å². The first-order valence-corrected chi connectivity index (χ1v) is 2.35. The van der Waals surface area contributed by atoms with Gasteiger partial charge in [0.15, 0.2) is 0 Å². The van der Waals surface area contributed by atoms with Crippen LogP contribution in [0.15, 0.2) is 18.3 Å². The maximum Gasteiger partial charge on any atom is 0.0889 e. The quantitative estimate of drug-likeness (QED) is 0.564. The number of hydrogen-bond acceptors (Lipinski definition) is 2. The highest BCUT2D eigenvalue weighted by Crippen LogP contribution is 1.92. The number of aromatic nitrogens is 1. The topological polar surface area (TPSA) is 33.1 Å². The second kappa shape index (κ2) is 2.43. The number of aliphatic hydroxyl groups is 1. The molecule has 1 heterocycles. The van der Waals surface area contributed by atoms with Crippen LogP contribution in [0.3, 0.4) is 0 Å². The minimum atomic E-state index is 0.0685. The SMILES string of the molecule is OCc1c[c]ncc1. The Morgan fingerprint density at radius 1 is 1.75 bits per heavy atom. The van der Waals surface area contributed by atoms with E-state index in [1.165, 1.54) is 0 Å². The van der Waals surface area contributed by atoms with Crippen molar-refractivity contribution in [2.75, 3.05) is 0 Å². The van der Waals surface area contributed by atoms with E-state index in [1.807, 2.05) is 0 Å². The first kappa shape index (κ1) is 5.25. The van der Waals surface area contributed by atoms with Gasteiger partial charge in [-0.15, -0.1) is 0 Å². The van der Waals surface area contributed by atoms with E-state index in [9.17, 15) is 0 Å². The van der Waals surface area contributed by atoms with Gasteiger partial charge in [-0.25, -0.2) is 0 Å². The second-order valence-corrected chi connectivity index (χ2v) is 1.45. The van der Waals surface area contributed by atoms with E-state index in [0.29, 0.717) is 0 Å². The van der Waals surface area contributed by atoms with Crippen molar-refractivity contribution in [1.82, 2.24) is 4.98 Å². The number of nitrogens with zero attached hydrogens (tertiary/aromatic N) is 1. The van der Waals surface area contributed by atoms with E-state index >= 15 is 0 Å². The van der Waals surface area contributed by atoms with E-state index in [1.54, 1.807) is 18.3 Å². The van der Waals surface area contributed by atoms with Gasteiger partial charge < -0.3 is 5.11 Å². The Morgan fingerprint density at radius 2 is 2.62 bits per heavy atom. The van der Waals surface area contributed by atoms with Crippen LogP contribution in [0.1, 0.15) is 5.56 Å². The van der Waals surface area contributed by atoms with Crippen molar-refractivity contribution in [3.8, 4) is 0 Å². The van der Waals surface area contributed by atoms with Crippen molar-refractivity contribution in [2.45, 2.75) is 6.61 Å². The van der Waals surface area contributed by atoms with Crippen molar-refractivity contribution in [2.24, 2.45) is 0 Å². The molecule has 0 aliphatic heterocycles. The van der Waals surface area contributed by atoms with E-state index in [-0.39, 0.29) is 6.61 Å². The first-order valence-electron chi connectivity index (χ1n) is 2.35. The normalized spacial score (nSPS) is 9.12. The summed E-state index contributed by atoms with van der Waals surface area (Å²) in [6.45, 7) is 0.0685. The maximum absolute atomic E-state index is 8.49. The predicted octanol–water partition coefficient (Wildman–Crippen LogP) is 0.374. The van der Waals surface area contributed by atoms with Crippen LogP contribution in [0.5, 0.6) is 0 Å². The second-order valence-electron chi connectivity index (χ2n) is 1.45. The van der Waals surface area contributed by atoms with Crippen LogP contribution in [0.2, 0.25) is 0 Å². The molecule has 0 aliphatic rings. The molecule has 2 nitrogen and oxygen atoms in total. The molecule has 0 fully saturated rings. The van der Waals surface area contributed by atoms with Crippen LogP contribution in [0.4, 0.5) is 0 Å². The number of hydrogen-bond donors (Lipinski definition) is 1. The number of rotatable bonds is 1. The van der Waals surface area contributed by atoms with Gasteiger partial charge in [0.1, 0.15) is 0 Å². The summed E-state index contributed by atoms with van der Waals surface area (Å²) >= 11 is 0. The third-order valence-corrected chi connectivity index (χ3v) is 0.870. The highest BCUT2D eigenvalue weighted by Gasteiger charge is 1.82. The Balaban J connectivity index is 2.83. The summed E-state index contributed by atoms with van der Waals surface area (Å²) in [7, 11) is 0. The van der Waals surface area contributed by atoms with Gasteiger partial charge in [-0.3, -0.25) is 4.98 Å². The maximum atomic E-state index is 8.49. The summed E-state index contributed by atoms with van der Waals surface area (Å²) in [6.07, 6.45) is 4.20. The molecule has 0 saturated carbocycles. The Morgan fingerprint density at radius 3 is 3.00 bits per heavy atom. The standard InChI is InChI=1S/C6H6NO/c8-5-6-1-3-7-4-2-6/h1-3,8H,5H2. The lowest BCUT2D eigenvalue weighted by Crippen LogP contribution is -1.80. The van der Waals surface area contributed by atoms with E-state index in [2.05, 4.69) is 11.2 Å². The molecular weight excluding hydrogens is 102 g/mol. The van der Waals surface area contributed by atoms with Gasteiger partial charge in [-0.05, 0) is 17.7 Å². The molecule has 1 rings (SSSR count). The highest BCUT2D eigenvalue weighted by molar-refractivity contribution is 5.06. The molecule has 0 amide bonds. The molecule has 0 spiro atoms. The van der Waals surface area contributed by atoms with Gasteiger partial charge in [0.25, 0.3) is 0 Å². The fraction of sp³-hybridized carbons (Fsp3) is 0.167. The van der Waals surface area contributed by atoms with Gasteiger partial charge >= 0.3 is 0 Å². The summed E-state index contributed by atoms with van der Waals surface area (Å²) in [6, 6.07) is 3.40. The molecule has 1 aromatic heterocycles. The molecule has 0 aliphatic carbocycles. The molecular formula is C6H6NO. The van der Waals surface area contributed by atoms with Crippen LogP contribution in [0, 0.1) is 6.20 Å². The van der Waals surface area contributed by atoms with Gasteiger partial charge in [0, 0.05) is 6.20 Å². The molecule has 0 saturated heterocycles. The van der Waals surface area contributed by atoms with E-state index < -0.39 is 0 Å². The Bertz CT molecular complexity index is 150. The monoisotopic (exact) mass is 108 g/mol. The summed E-state index contributed by atoms with van der Waals surface area (Å²) < 4.78 is 0. The fourth-order valence-electron chi connectivity index (χ4n) is 0.443. The van der Waals surface area contributed by atoms with E-state index in [4.69, 9.17) is 5.11 Å². The van der Waals surface area contributed by atoms with Gasteiger partial charge in [0.2, 0.25) is 0 Å². The molecule has 0 bridgehead atoms. The van der Waals surface area contributed by atoms with Gasteiger partial charge in [-0.2, -0.15) is 0 Å². The highest BCUT2D eigenvalue weighted by atomic mass is 16.3. The van der Waals surface area contributed by atoms with Crippen LogP contribution in [-0.4, -0.2) is 10.1 Å². The number of aliphatic hydroxyl groups excluding tert-OH is 1. The van der Waals surface area contributed by atoms with Crippen molar-refractivity contribution in [1.29, 1.82) is 0 Å². The zero-order chi connectivity index (χ0) is 5.82. The average Bonchev–Trinajstić information content (AvgIpc) is 1.90. The Hall–Kier alpha value is -0.890. The van der Waals surface area contributed by atoms with Gasteiger partial charge in [0.05, 0.1) is 12.8 Å². The van der Waals surface area contributed by atoms with Crippen LogP contribution in [-0.2, 0) is 6.61 Å². The third kappa shape index (κ3) is 1.04. The molecule has 0 atom stereocenters.